The van der Waals surface area contributed by atoms with Gasteiger partial charge in [-0.2, -0.15) is 0 Å². The smallest absolute Gasteiger partial charge is 0.116 e. The van der Waals surface area contributed by atoms with Crippen LogP contribution in [0.15, 0.2) is 22.7 Å². The summed E-state index contributed by atoms with van der Waals surface area (Å²) in [5.74, 6) is 0.276. The molecule has 3 heteroatoms. The zero-order chi connectivity index (χ0) is 8.27. The lowest BCUT2D eigenvalue weighted by Crippen LogP contribution is -2.02. The zero-order valence-corrected chi connectivity index (χ0v) is 7.63. The maximum absolute atomic E-state index is 9.04. The molecule has 11 heavy (non-hydrogen) atoms. The van der Waals surface area contributed by atoms with Crippen LogP contribution in [0.2, 0.25) is 0 Å². The van der Waals surface area contributed by atoms with Crippen molar-refractivity contribution in [1.29, 1.82) is 0 Å². The van der Waals surface area contributed by atoms with Crippen molar-refractivity contribution in [2.75, 3.05) is 6.54 Å². The van der Waals surface area contributed by atoms with Crippen LogP contribution in [0.5, 0.6) is 5.75 Å². The Labute approximate surface area is 74.2 Å². The number of hydrogen-bond acceptors (Lipinski definition) is 2. The van der Waals surface area contributed by atoms with Gasteiger partial charge in [-0.05, 0) is 30.7 Å². The molecule has 1 aromatic carbocycles. The molecule has 0 amide bonds. The Morgan fingerprint density at radius 2 is 2.18 bits per heavy atom. The molecule has 0 bridgehead atoms. The minimum atomic E-state index is 0.276. The van der Waals surface area contributed by atoms with Crippen LogP contribution in [0.4, 0.5) is 0 Å². The van der Waals surface area contributed by atoms with E-state index in [0.717, 1.165) is 16.5 Å². The Bertz CT molecular complexity index is 250. The van der Waals surface area contributed by atoms with Crippen LogP contribution in [0.3, 0.4) is 0 Å². The van der Waals surface area contributed by atoms with Gasteiger partial charge in [0.25, 0.3) is 0 Å². The lowest BCUT2D eigenvalue weighted by molar-refractivity contribution is 0.474. The van der Waals surface area contributed by atoms with Crippen LogP contribution in [0.1, 0.15) is 5.56 Å². The minimum absolute atomic E-state index is 0.276. The summed E-state index contributed by atoms with van der Waals surface area (Å²) < 4.78 is 0.919. The van der Waals surface area contributed by atoms with Crippen LogP contribution >= 0.6 is 15.9 Å². The van der Waals surface area contributed by atoms with Gasteiger partial charge in [-0.25, -0.2) is 0 Å². The second-order valence-corrected chi connectivity index (χ2v) is 3.17. The van der Waals surface area contributed by atoms with Crippen LogP contribution in [0, 0.1) is 0 Å². The first-order valence-electron chi connectivity index (χ1n) is 3.41. The maximum Gasteiger partial charge on any atom is 0.116 e. The number of phenolic OH excluding ortho intramolecular Hbond substituents is 1. The molecule has 0 saturated heterocycles. The summed E-state index contributed by atoms with van der Waals surface area (Å²) in [6, 6.07) is 5.20. The van der Waals surface area contributed by atoms with Crippen molar-refractivity contribution in [2.45, 2.75) is 6.42 Å². The zero-order valence-electron chi connectivity index (χ0n) is 6.05. The fraction of sp³-hybridized carbons (Fsp3) is 0.250. The molecule has 0 atom stereocenters. The molecule has 60 valence electrons. The van der Waals surface area contributed by atoms with Crippen molar-refractivity contribution in [2.24, 2.45) is 5.73 Å². The predicted octanol–water partition coefficient (Wildman–Crippen LogP) is 1.66. The Balaban J connectivity index is 2.90. The van der Waals surface area contributed by atoms with Gasteiger partial charge in [0.1, 0.15) is 5.75 Å². The Morgan fingerprint density at radius 1 is 1.45 bits per heavy atom. The molecule has 0 aromatic heterocycles. The molecule has 0 unspecified atom stereocenters. The minimum Gasteiger partial charge on any atom is -0.508 e. The molecular weight excluding hydrogens is 206 g/mol. The lowest BCUT2D eigenvalue weighted by Gasteiger charge is -2.01. The number of hydrogen-bond donors (Lipinski definition) is 2. The van der Waals surface area contributed by atoms with E-state index in [1.54, 1.807) is 12.1 Å². The molecule has 0 aliphatic heterocycles. The quantitative estimate of drug-likeness (QED) is 0.789. The number of nitrogens with two attached hydrogens (primary N) is 1. The first-order valence-corrected chi connectivity index (χ1v) is 4.21. The highest BCUT2D eigenvalue weighted by atomic mass is 79.9. The highest BCUT2D eigenvalue weighted by Gasteiger charge is 1.98. The van der Waals surface area contributed by atoms with E-state index < -0.39 is 0 Å². The second kappa shape index (κ2) is 3.74. The van der Waals surface area contributed by atoms with Gasteiger partial charge < -0.3 is 10.8 Å². The Morgan fingerprint density at radius 3 is 2.73 bits per heavy atom. The summed E-state index contributed by atoms with van der Waals surface area (Å²) in [5.41, 5.74) is 6.51. The van der Waals surface area contributed by atoms with Gasteiger partial charge >= 0.3 is 0 Å². The molecule has 0 aliphatic rings. The van der Waals surface area contributed by atoms with Gasteiger partial charge in [0.05, 0.1) is 0 Å². The topological polar surface area (TPSA) is 46.2 Å². The summed E-state index contributed by atoms with van der Waals surface area (Å²) in [4.78, 5) is 0. The van der Waals surface area contributed by atoms with Gasteiger partial charge in [-0.15, -0.1) is 0 Å². The summed E-state index contributed by atoms with van der Waals surface area (Å²) in [7, 11) is 0. The summed E-state index contributed by atoms with van der Waals surface area (Å²) in [6.07, 6.45) is 0.834. The fourth-order valence-electron chi connectivity index (χ4n) is 0.894. The predicted molar refractivity (Wildman–Crippen MR) is 48.6 cm³/mol. The first kappa shape index (κ1) is 8.56. The van der Waals surface area contributed by atoms with E-state index in [2.05, 4.69) is 15.9 Å². The highest BCUT2D eigenvalue weighted by Crippen LogP contribution is 2.21. The SMILES string of the molecule is NCCc1ccc(O)cc1Br. The van der Waals surface area contributed by atoms with E-state index in [1.807, 2.05) is 6.07 Å². The Hall–Kier alpha value is -0.540. The monoisotopic (exact) mass is 215 g/mol. The van der Waals surface area contributed by atoms with Crippen molar-refractivity contribution < 1.29 is 5.11 Å². The molecule has 2 nitrogen and oxygen atoms in total. The molecule has 0 saturated carbocycles. The molecule has 0 radical (unpaired) electrons. The van der Waals surface area contributed by atoms with Crippen molar-refractivity contribution in [1.82, 2.24) is 0 Å². The number of benzene rings is 1. The third-order valence-corrected chi connectivity index (χ3v) is 2.19. The number of rotatable bonds is 2. The van der Waals surface area contributed by atoms with Crippen molar-refractivity contribution in [3.8, 4) is 5.75 Å². The third-order valence-electron chi connectivity index (χ3n) is 1.45. The van der Waals surface area contributed by atoms with E-state index in [-0.39, 0.29) is 5.75 Å². The van der Waals surface area contributed by atoms with E-state index in [9.17, 15) is 0 Å². The molecule has 0 aliphatic carbocycles. The normalized spacial score (nSPS) is 10.0. The molecule has 0 fully saturated rings. The van der Waals surface area contributed by atoms with E-state index >= 15 is 0 Å². The number of phenols is 1. The van der Waals surface area contributed by atoms with Crippen LogP contribution in [-0.2, 0) is 6.42 Å². The van der Waals surface area contributed by atoms with Crippen LogP contribution < -0.4 is 5.73 Å². The summed E-state index contributed by atoms with van der Waals surface area (Å²) in [6.45, 7) is 0.628. The van der Waals surface area contributed by atoms with Gasteiger partial charge in [0.15, 0.2) is 0 Å². The fourth-order valence-corrected chi connectivity index (χ4v) is 1.46. The third kappa shape index (κ3) is 2.20. The molecule has 0 heterocycles. The van der Waals surface area contributed by atoms with Gasteiger partial charge in [0.2, 0.25) is 0 Å². The van der Waals surface area contributed by atoms with E-state index in [1.165, 1.54) is 0 Å². The number of halogens is 1. The van der Waals surface area contributed by atoms with Gasteiger partial charge in [0, 0.05) is 4.47 Å². The summed E-state index contributed by atoms with van der Waals surface area (Å²) >= 11 is 3.33. The van der Waals surface area contributed by atoms with E-state index in [4.69, 9.17) is 10.8 Å². The Kier molecular flexibility index (Phi) is 2.91. The lowest BCUT2D eigenvalue weighted by atomic mass is 10.1. The largest absolute Gasteiger partial charge is 0.508 e. The average molecular weight is 216 g/mol. The van der Waals surface area contributed by atoms with Gasteiger partial charge in [-0.1, -0.05) is 22.0 Å². The highest BCUT2D eigenvalue weighted by molar-refractivity contribution is 9.10. The first-order chi connectivity index (χ1) is 5.24. The van der Waals surface area contributed by atoms with Crippen LogP contribution in [-0.4, -0.2) is 11.7 Å². The molecule has 3 N–H and O–H groups in total. The van der Waals surface area contributed by atoms with Crippen molar-refractivity contribution >= 4 is 15.9 Å². The summed E-state index contributed by atoms with van der Waals surface area (Å²) in [5, 5.41) is 9.04. The average Bonchev–Trinajstić information content (AvgIpc) is 1.95. The maximum atomic E-state index is 9.04. The van der Waals surface area contributed by atoms with E-state index in [0.29, 0.717) is 6.54 Å². The van der Waals surface area contributed by atoms with Crippen molar-refractivity contribution in [3.63, 3.8) is 0 Å². The molecule has 0 spiro atoms. The van der Waals surface area contributed by atoms with Gasteiger partial charge in [-0.3, -0.25) is 0 Å². The molecule has 1 rings (SSSR count). The van der Waals surface area contributed by atoms with Crippen LogP contribution in [0.25, 0.3) is 0 Å². The second-order valence-electron chi connectivity index (χ2n) is 2.31. The van der Waals surface area contributed by atoms with Crippen molar-refractivity contribution in [3.05, 3.63) is 28.2 Å². The number of aromatic hydroxyl groups is 1. The molecular formula is C8H10BrNO. The standard InChI is InChI=1S/C8H10BrNO/c9-8-5-7(11)2-1-6(8)3-4-10/h1-2,5,11H,3-4,10H2. The molecule has 1 aromatic rings.